The van der Waals surface area contributed by atoms with Gasteiger partial charge >= 0.3 is 6.18 Å². The van der Waals surface area contributed by atoms with Crippen molar-refractivity contribution in [1.29, 1.82) is 0 Å². The van der Waals surface area contributed by atoms with Gasteiger partial charge in [0.1, 0.15) is 11.3 Å². The third-order valence-electron chi connectivity index (χ3n) is 5.54. The highest BCUT2D eigenvalue weighted by atomic mass is 32.1. The number of pyridine rings is 1. The Bertz CT molecular complexity index is 1520. The molecule has 2 N–H and O–H groups in total. The SMILES string of the molecule is C[C@H](c1nccs1)N(Cc1ccc(C(F)(F)F)cn1)C(=O)c1ccc2nc(N)n3cnnc3c2c1. The minimum atomic E-state index is -4.50. The van der Waals surface area contributed by atoms with Crippen molar-refractivity contribution in [3.8, 4) is 0 Å². The summed E-state index contributed by atoms with van der Waals surface area (Å²) in [4.78, 5) is 27.8. The highest BCUT2D eigenvalue weighted by Gasteiger charge is 2.31. The van der Waals surface area contributed by atoms with Crippen LogP contribution in [0.3, 0.4) is 0 Å². The smallest absolute Gasteiger partial charge is 0.369 e. The number of nitrogen functional groups attached to an aromatic ring is 1. The first kappa shape index (κ1) is 22.7. The molecule has 5 rings (SSSR count). The van der Waals surface area contributed by atoms with Crippen molar-refractivity contribution in [2.45, 2.75) is 25.7 Å². The van der Waals surface area contributed by atoms with Crippen molar-refractivity contribution in [3.05, 3.63) is 76.3 Å². The number of fused-ring (bicyclic) bond motifs is 3. The van der Waals surface area contributed by atoms with E-state index in [1.54, 1.807) is 36.7 Å². The second-order valence-corrected chi connectivity index (χ2v) is 8.67. The number of hydrogen-bond donors (Lipinski definition) is 1. The molecule has 0 bridgehead atoms. The van der Waals surface area contributed by atoms with Crippen molar-refractivity contribution >= 4 is 39.7 Å². The Labute approximate surface area is 200 Å². The molecule has 35 heavy (non-hydrogen) atoms. The number of nitrogens with zero attached hydrogens (tertiary/aromatic N) is 7. The quantitative estimate of drug-likeness (QED) is 0.387. The largest absolute Gasteiger partial charge is 0.417 e. The number of amides is 1. The molecule has 0 unspecified atom stereocenters. The number of halogens is 3. The Morgan fingerprint density at radius 2 is 2.06 bits per heavy atom. The third kappa shape index (κ3) is 4.25. The highest BCUT2D eigenvalue weighted by molar-refractivity contribution is 7.09. The maximum absolute atomic E-state index is 13.7. The molecule has 4 aromatic heterocycles. The van der Waals surface area contributed by atoms with Crippen LogP contribution in [-0.2, 0) is 12.7 Å². The van der Waals surface area contributed by atoms with Crippen molar-refractivity contribution in [1.82, 2.24) is 34.4 Å². The van der Waals surface area contributed by atoms with Crippen LogP contribution in [0.5, 0.6) is 0 Å². The summed E-state index contributed by atoms with van der Waals surface area (Å²) in [6, 6.07) is 6.69. The van der Waals surface area contributed by atoms with E-state index in [1.807, 2.05) is 0 Å². The van der Waals surface area contributed by atoms with Gasteiger partial charge in [0.15, 0.2) is 5.65 Å². The molecule has 0 spiro atoms. The molecular weight excluding hydrogens is 481 g/mol. The monoisotopic (exact) mass is 498 g/mol. The average Bonchev–Trinajstić information content (AvgIpc) is 3.54. The number of hydrogen-bond acceptors (Lipinski definition) is 8. The van der Waals surface area contributed by atoms with Gasteiger partial charge in [-0.25, -0.2) is 9.97 Å². The minimum Gasteiger partial charge on any atom is -0.369 e. The average molecular weight is 498 g/mol. The number of alkyl halides is 3. The van der Waals surface area contributed by atoms with E-state index in [9.17, 15) is 18.0 Å². The van der Waals surface area contributed by atoms with Crippen LogP contribution in [0.25, 0.3) is 16.6 Å². The molecule has 1 aromatic carbocycles. The van der Waals surface area contributed by atoms with Crippen LogP contribution in [0.15, 0.2) is 54.4 Å². The molecule has 0 saturated carbocycles. The van der Waals surface area contributed by atoms with Gasteiger partial charge in [0.2, 0.25) is 5.95 Å². The molecular formula is C22H17F3N8OS. The van der Waals surface area contributed by atoms with Crippen LogP contribution in [0.2, 0.25) is 0 Å². The molecule has 4 heterocycles. The Kier molecular flexibility index (Phi) is 5.55. The standard InChI is InChI=1S/C22H17F3N8OS/c1-12(19-27-6-7-35-19)32(10-15-4-3-14(9-28-15)22(23,24)25)20(34)13-2-5-17-16(8-13)18-31-29-11-33(18)21(26)30-17/h2-9,11-12H,10H2,1H3,(H2,26,30)/t12-/m1/s1. The summed E-state index contributed by atoms with van der Waals surface area (Å²) in [5.74, 6) is -0.144. The fourth-order valence-corrected chi connectivity index (χ4v) is 4.40. The van der Waals surface area contributed by atoms with Gasteiger partial charge in [-0.05, 0) is 37.3 Å². The van der Waals surface area contributed by atoms with Gasteiger partial charge in [-0.15, -0.1) is 21.5 Å². The molecule has 1 atom stereocenters. The van der Waals surface area contributed by atoms with E-state index >= 15 is 0 Å². The van der Waals surface area contributed by atoms with Crippen LogP contribution < -0.4 is 5.73 Å². The molecule has 9 nitrogen and oxygen atoms in total. The number of aromatic nitrogens is 6. The number of nitrogens with two attached hydrogens (primary N) is 1. The van der Waals surface area contributed by atoms with Gasteiger partial charge in [-0.2, -0.15) is 13.2 Å². The van der Waals surface area contributed by atoms with Crippen LogP contribution in [0, 0.1) is 0 Å². The maximum Gasteiger partial charge on any atom is 0.417 e. The molecule has 178 valence electrons. The first-order chi connectivity index (χ1) is 16.7. The highest BCUT2D eigenvalue weighted by Crippen LogP contribution is 2.30. The van der Waals surface area contributed by atoms with Crippen LogP contribution in [-0.4, -0.2) is 40.4 Å². The fraction of sp³-hybridized carbons (Fsp3) is 0.182. The van der Waals surface area contributed by atoms with E-state index in [-0.39, 0.29) is 18.4 Å². The summed E-state index contributed by atoms with van der Waals surface area (Å²) in [5.41, 5.74) is 6.73. The summed E-state index contributed by atoms with van der Waals surface area (Å²) in [6.07, 6.45) is -0.673. The van der Waals surface area contributed by atoms with Gasteiger partial charge in [-0.1, -0.05) is 0 Å². The maximum atomic E-state index is 13.7. The van der Waals surface area contributed by atoms with Gasteiger partial charge in [0.05, 0.1) is 29.4 Å². The first-order valence-electron chi connectivity index (χ1n) is 10.3. The second kappa shape index (κ2) is 8.58. The fourth-order valence-electron chi connectivity index (χ4n) is 3.69. The predicted octanol–water partition coefficient (Wildman–Crippen LogP) is 4.13. The van der Waals surface area contributed by atoms with E-state index in [0.717, 1.165) is 12.3 Å². The number of carbonyl (C=O) groups is 1. The van der Waals surface area contributed by atoms with Crippen LogP contribution in [0.4, 0.5) is 19.1 Å². The van der Waals surface area contributed by atoms with E-state index in [0.29, 0.717) is 32.8 Å². The number of rotatable bonds is 5. The molecule has 1 amide bonds. The van der Waals surface area contributed by atoms with Crippen molar-refractivity contribution < 1.29 is 18.0 Å². The number of carbonyl (C=O) groups excluding carboxylic acids is 1. The van der Waals surface area contributed by atoms with Crippen molar-refractivity contribution in [2.75, 3.05) is 5.73 Å². The van der Waals surface area contributed by atoms with E-state index in [1.165, 1.54) is 33.0 Å². The van der Waals surface area contributed by atoms with Crippen LogP contribution >= 0.6 is 11.3 Å². The first-order valence-corrected chi connectivity index (χ1v) is 11.2. The van der Waals surface area contributed by atoms with Gasteiger partial charge < -0.3 is 10.6 Å². The Morgan fingerprint density at radius 3 is 2.74 bits per heavy atom. The summed E-state index contributed by atoms with van der Waals surface area (Å²) in [5, 5.41) is 11.0. The molecule has 0 radical (unpaired) electrons. The summed E-state index contributed by atoms with van der Waals surface area (Å²) >= 11 is 1.38. The third-order valence-corrected chi connectivity index (χ3v) is 6.48. The Morgan fingerprint density at radius 1 is 1.23 bits per heavy atom. The summed E-state index contributed by atoms with van der Waals surface area (Å²) in [7, 11) is 0. The van der Waals surface area contributed by atoms with E-state index in [4.69, 9.17) is 5.73 Å². The van der Waals surface area contributed by atoms with Gasteiger partial charge in [-0.3, -0.25) is 14.2 Å². The normalized spacial score (nSPS) is 12.8. The van der Waals surface area contributed by atoms with E-state index in [2.05, 4.69) is 25.1 Å². The zero-order chi connectivity index (χ0) is 24.7. The number of thiazole rings is 1. The molecule has 0 aliphatic heterocycles. The van der Waals surface area contributed by atoms with Gasteiger partial charge in [0.25, 0.3) is 5.91 Å². The second-order valence-electron chi connectivity index (χ2n) is 7.74. The number of benzene rings is 1. The van der Waals surface area contributed by atoms with Crippen LogP contribution in [0.1, 0.15) is 39.6 Å². The predicted molar refractivity (Wildman–Crippen MR) is 122 cm³/mol. The molecule has 5 aromatic rings. The minimum absolute atomic E-state index is 0.0178. The molecule has 0 fully saturated rings. The van der Waals surface area contributed by atoms with E-state index < -0.39 is 17.8 Å². The van der Waals surface area contributed by atoms with Crippen molar-refractivity contribution in [2.24, 2.45) is 0 Å². The molecule has 0 saturated heterocycles. The van der Waals surface area contributed by atoms with Gasteiger partial charge in [0, 0.05) is 28.7 Å². The summed E-state index contributed by atoms with van der Waals surface area (Å²) in [6.45, 7) is 1.79. The summed E-state index contributed by atoms with van der Waals surface area (Å²) < 4.78 is 40.4. The van der Waals surface area contributed by atoms with Crippen molar-refractivity contribution in [3.63, 3.8) is 0 Å². The Balaban J connectivity index is 1.54. The topological polar surface area (TPSA) is 115 Å². The zero-order valence-electron chi connectivity index (χ0n) is 18.1. The lowest BCUT2D eigenvalue weighted by Crippen LogP contribution is -2.33. The zero-order valence-corrected chi connectivity index (χ0v) is 19.0. The lowest BCUT2D eigenvalue weighted by atomic mass is 10.1. The molecule has 0 aliphatic carbocycles. The number of anilines is 1. The Hall–Kier alpha value is -4.13. The lowest BCUT2D eigenvalue weighted by Gasteiger charge is -2.28. The molecule has 0 aliphatic rings. The molecule has 13 heteroatoms. The lowest BCUT2D eigenvalue weighted by molar-refractivity contribution is -0.137.